The van der Waals surface area contributed by atoms with Gasteiger partial charge in [-0.3, -0.25) is 0 Å². The first-order valence-electron chi connectivity index (χ1n) is 11.5. The van der Waals surface area contributed by atoms with E-state index in [1.165, 1.54) is 6.07 Å². The number of sulfonamides is 1. The Morgan fingerprint density at radius 2 is 1.56 bits per heavy atom. The van der Waals surface area contributed by atoms with Crippen LogP contribution in [-0.2, 0) is 16.2 Å². The number of benzene rings is 1. The molecule has 1 aliphatic heterocycles. The zero-order valence-corrected chi connectivity index (χ0v) is 19.6. The van der Waals surface area contributed by atoms with Crippen LogP contribution in [0.3, 0.4) is 0 Å². The maximum Gasteiger partial charge on any atom is 0.416 e. The number of nitrogens with one attached hydrogen (secondary N) is 2. The lowest BCUT2D eigenvalue weighted by molar-refractivity contribution is -0.137. The van der Waals surface area contributed by atoms with Crippen molar-refractivity contribution in [3.8, 4) is 0 Å². The van der Waals surface area contributed by atoms with Gasteiger partial charge in [0.1, 0.15) is 0 Å². The Labute approximate surface area is 196 Å². The van der Waals surface area contributed by atoms with Crippen molar-refractivity contribution in [2.45, 2.75) is 69.4 Å². The molecule has 0 unspecified atom stereocenters. The number of anilines is 1. The van der Waals surface area contributed by atoms with E-state index in [9.17, 15) is 34.8 Å². The molecule has 5 nitrogen and oxygen atoms in total. The molecule has 0 aromatic heterocycles. The summed E-state index contributed by atoms with van der Waals surface area (Å²) in [6.45, 7) is 2.55. The van der Waals surface area contributed by atoms with Gasteiger partial charge in [0, 0.05) is 30.9 Å². The standard InChI is InChI=1S/C22H31F6N3O2S/c23-21(24,25)15-34(32,33)30-19-6-4-16(5-7-19)8-11-31-12-9-18(10-13-31)29-20-3-1-2-17(14-20)22(26,27)28/h1-3,14,16,18-19,29-30H,4-13,15H2. The molecule has 194 valence electrons. The third kappa shape index (κ3) is 8.92. The lowest BCUT2D eigenvalue weighted by Gasteiger charge is -2.35. The Morgan fingerprint density at radius 3 is 2.15 bits per heavy atom. The topological polar surface area (TPSA) is 61.4 Å². The molecule has 2 N–H and O–H groups in total. The smallest absolute Gasteiger partial charge is 0.382 e. The summed E-state index contributed by atoms with van der Waals surface area (Å²) in [6, 6.07) is 4.89. The van der Waals surface area contributed by atoms with E-state index in [4.69, 9.17) is 0 Å². The molecule has 2 fully saturated rings. The van der Waals surface area contributed by atoms with Gasteiger partial charge in [-0.15, -0.1) is 0 Å². The predicted octanol–water partition coefficient (Wildman–Crippen LogP) is 5.01. The third-order valence-corrected chi connectivity index (χ3v) is 7.95. The van der Waals surface area contributed by atoms with Gasteiger partial charge in [-0.2, -0.15) is 26.3 Å². The van der Waals surface area contributed by atoms with Crippen LogP contribution in [0.25, 0.3) is 0 Å². The molecule has 1 saturated heterocycles. The van der Waals surface area contributed by atoms with E-state index in [0.717, 1.165) is 63.9 Å². The van der Waals surface area contributed by atoms with Crippen molar-refractivity contribution in [3.05, 3.63) is 29.8 Å². The van der Waals surface area contributed by atoms with Crippen LogP contribution >= 0.6 is 0 Å². The molecule has 1 aliphatic carbocycles. The van der Waals surface area contributed by atoms with Crippen LogP contribution < -0.4 is 10.0 Å². The number of nitrogens with zero attached hydrogens (tertiary/aromatic N) is 1. The minimum absolute atomic E-state index is 0.111. The third-order valence-electron chi connectivity index (χ3n) is 6.55. The number of hydrogen-bond donors (Lipinski definition) is 2. The molecule has 0 radical (unpaired) electrons. The van der Waals surface area contributed by atoms with Crippen LogP contribution in [0.15, 0.2) is 24.3 Å². The first kappa shape index (κ1) is 27.1. The van der Waals surface area contributed by atoms with Crippen molar-refractivity contribution >= 4 is 15.7 Å². The zero-order valence-electron chi connectivity index (χ0n) is 18.8. The van der Waals surface area contributed by atoms with Crippen molar-refractivity contribution in [2.24, 2.45) is 5.92 Å². The molecule has 0 amide bonds. The fourth-order valence-corrected chi connectivity index (χ4v) is 6.02. The van der Waals surface area contributed by atoms with Gasteiger partial charge in [-0.1, -0.05) is 6.07 Å². The molecule has 34 heavy (non-hydrogen) atoms. The number of piperidine rings is 1. The number of halogens is 6. The summed E-state index contributed by atoms with van der Waals surface area (Å²) in [5.41, 5.74) is -0.200. The molecule has 1 heterocycles. The van der Waals surface area contributed by atoms with Gasteiger partial charge >= 0.3 is 12.4 Å². The Morgan fingerprint density at radius 1 is 0.912 bits per heavy atom. The van der Waals surface area contributed by atoms with Crippen LogP contribution in [0, 0.1) is 5.92 Å². The van der Waals surface area contributed by atoms with Crippen molar-refractivity contribution < 1.29 is 34.8 Å². The highest BCUT2D eigenvalue weighted by Crippen LogP contribution is 2.32. The van der Waals surface area contributed by atoms with E-state index in [1.54, 1.807) is 6.07 Å². The Bertz CT molecular complexity index is 891. The summed E-state index contributed by atoms with van der Waals surface area (Å²) in [4.78, 5) is 2.32. The first-order chi connectivity index (χ1) is 15.8. The molecule has 3 rings (SSSR count). The predicted molar refractivity (Wildman–Crippen MR) is 118 cm³/mol. The monoisotopic (exact) mass is 515 g/mol. The van der Waals surface area contributed by atoms with Crippen molar-refractivity contribution in [1.29, 1.82) is 0 Å². The second-order valence-electron chi connectivity index (χ2n) is 9.34. The number of hydrogen-bond acceptors (Lipinski definition) is 4. The van der Waals surface area contributed by atoms with E-state index in [0.29, 0.717) is 24.4 Å². The summed E-state index contributed by atoms with van der Waals surface area (Å²) < 4.78 is 101. The maximum absolute atomic E-state index is 12.9. The largest absolute Gasteiger partial charge is 0.416 e. The Kier molecular flexibility index (Phi) is 8.78. The minimum Gasteiger partial charge on any atom is -0.382 e. The summed E-state index contributed by atoms with van der Waals surface area (Å²) in [7, 11) is -4.37. The second kappa shape index (κ2) is 11.0. The average Bonchev–Trinajstić information content (AvgIpc) is 2.72. The number of likely N-dealkylation sites (tertiary alicyclic amines) is 1. The molecule has 0 atom stereocenters. The lowest BCUT2D eigenvalue weighted by Crippen LogP contribution is -2.42. The molecular formula is C22H31F6N3O2S. The number of alkyl halides is 6. The molecule has 12 heteroatoms. The number of rotatable bonds is 8. The fourth-order valence-electron chi connectivity index (χ4n) is 4.77. The van der Waals surface area contributed by atoms with Gasteiger partial charge in [0.2, 0.25) is 10.0 Å². The van der Waals surface area contributed by atoms with Gasteiger partial charge in [-0.25, -0.2) is 13.1 Å². The van der Waals surface area contributed by atoms with Gasteiger partial charge < -0.3 is 10.2 Å². The van der Waals surface area contributed by atoms with Crippen molar-refractivity contribution in [2.75, 3.05) is 30.7 Å². The first-order valence-corrected chi connectivity index (χ1v) is 13.2. The van der Waals surface area contributed by atoms with Gasteiger partial charge in [0.25, 0.3) is 0 Å². The highest BCUT2D eigenvalue weighted by Gasteiger charge is 2.36. The second-order valence-corrected chi connectivity index (χ2v) is 11.1. The highest BCUT2D eigenvalue weighted by molar-refractivity contribution is 7.89. The van der Waals surface area contributed by atoms with Crippen LogP contribution in [0.2, 0.25) is 0 Å². The van der Waals surface area contributed by atoms with E-state index < -0.39 is 39.7 Å². The van der Waals surface area contributed by atoms with Crippen LogP contribution in [0.5, 0.6) is 0 Å². The molecule has 2 aliphatic rings. The van der Waals surface area contributed by atoms with E-state index >= 15 is 0 Å². The SMILES string of the molecule is O=S(=O)(CC(F)(F)F)NC1CCC(CCN2CCC(Nc3cccc(C(F)(F)F)c3)CC2)CC1. The molecule has 1 aromatic rings. The van der Waals surface area contributed by atoms with Crippen molar-refractivity contribution in [1.82, 2.24) is 9.62 Å². The van der Waals surface area contributed by atoms with Gasteiger partial charge in [0.15, 0.2) is 5.75 Å². The summed E-state index contributed by atoms with van der Waals surface area (Å²) in [5.74, 6) is -1.44. The van der Waals surface area contributed by atoms with Crippen LogP contribution in [-0.4, -0.2) is 57.0 Å². The molecular weight excluding hydrogens is 484 g/mol. The lowest BCUT2D eigenvalue weighted by atomic mass is 9.84. The summed E-state index contributed by atoms with van der Waals surface area (Å²) in [5, 5.41) is 3.20. The fraction of sp³-hybridized carbons (Fsp3) is 0.727. The Hall–Kier alpha value is -1.53. The van der Waals surface area contributed by atoms with Gasteiger partial charge in [-0.05, 0) is 75.6 Å². The van der Waals surface area contributed by atoms with E-state index in [-0.39, 0.29) is 6.04 Å². The maximum atomic E-state index is 12.9. The van der Waals surface area contributed by atoms with E-state index in [1.807, 2.05) is 0 Å². The highest BCUT2D eigenvalue weighted by atomic mass is 32.2. The van der Waals surface area contributed by atoms with Crippen LogP contribution in [0.4, 0.5) is 32.0 Å². The minimum atomic E-state index is -4.75. The Balaban J connectivity index is 1.34. The van der Waals surface area contributed by atoms with Crippen LogP contribution in [0.1, 0.15) is 50.5 Å². The average molecular weight is 516 g/mol. The van der Waals surface area contributed by atoms with Crippen molar-refractivity contribution in [3.63, 3.8) is 0 Å². The zero-order chi connectivity index (χ0) is 25.0. The summed E-state index contributed by atoms with van der Waals surface area (Å²) >= 11 is 0. The molecule has 0 spiro atoms. The normalized spacial score (nSPS) is 23.7. The summed E-state index contributed by atoms with van der Waals surface area (Å²) in [6.07, 6.45) is -3.93. The quantitative estimate of drug-likeness (QED) is 0.478. The van der Waals surface area contributed by atoms with E-state index in [2.05, 4.69) is 14.9 Å². The molecule has 0 bridgehead atoms. The molecule has 1 saturated carbocycles. The van der Waals surface area contributed by atoms with Gasteiger partial charge in [0.05, 0.1) is 5.56 Å². The molecule has 1 aromatic carbocycles.